The van der Waals surface area contributed by atoms with Crippen LogP contribution >= 0.6 is 0 Å². The molecule has 2 aromatic carbocycles. The van der Waals surface area contributed by atoms with Crippen molar-refractivity contribution in [1.29, 1.82) is 0 Å². The first-order chi connectivity index (χ1) is 10.7. The van der Waals surface area contributed by atoms with Crippen molar-refractivity contribution >= 4 is 11.0 Å². The van der Waals surface area contributed by atoms with E-state index in [9.17, 15) is 0 Å². The molecule has 0 spiro atoms. The van der Waals surface area contributed by atoms with Crippen molar-refractivity contribution in [2.45, 2.75) is 33.2 Å². The molecule has 22 heavy (non-hydrogen) atoms. The first-order valence-electron chi connectivity index (χ1n) is 7.84. The smallest absolute Gasteiger partial charge is 0.119 e. The molecule has 3 nitrogen and oxygen atoms in total. The summed E-state index contributed by atoms with van der Waals surface area (Å²) in [6.07, 6.45) is 4.06. The summed E-state index contributed by atoms with van der Waals surface area (Å²) in [7, 11) is 0. The number of nitrogens with zero attached hydrogens (tertiary/aromatic N) is 2. The maximum atomic E-state index is 5.82. The topological polar surface area (TPSA) is 27.1 Å². The van der Waals surface area contributed by atoms with E-state index in [1.54, 1.807) is 0 Å². The van der Waals surface area contributed by atoms with Gasteiger partial charge in [0.2, 0.25) is 0 Å². The second-order valence-corrected chi connectivity index (χ2v) is 5.73. The lowest BCUT2D eigenvalue weighted by Crippen LogP contribution is -2.01. The number of para-hydroxylation sites is 2. The van der Waals surface area contributed by atoms with E-state index in [1.807, 2.05) is 18.5 Å². The van der Waals surface area contributed by atoms with Crippen LogP contribution in [0.2, 0.25) is 0 Å². The van der Waals surface area contributed by atoms with Crippen LogP contribution in [0.25, 0.3) is 11.0 Å². The van der Waals surface area contributed by atoms with Crippen molar-refractivity contribution < 1.29 is 4.74 Å². The number of aromatic nitrogens is 2. The van der Waals surface area contributed by atoms with Crippen molar-refractivity contribution in [1.82, 2.24) is 9.55 Å². The van der Waals surface area contributed by atoms with Crippen LogP contribution in [-0.2, 0) is 6.54 Å². The summed E-state index contributed by atoms with van der Waals surface area (Å²) in [5.74, 6) is 0.969. The Morgan fingerprint density at radius 1 is 1.00 bits per heavy atom. The third kappa shape index (κ3) is 3.30. The van der Waals surface area contributed by atoms with Crippen molar-refractivity contribution in [3.63, 3.8) is 0 Å². The number of unbranched alkanes of at least 4 members (excludes halogenated alkanes) is 1. The molecule has 3 heteroatoms. The quantitative estimate of drug-likeness (QED) is 0.625. The molecule has 0 unspecified atom stereocenters. The van der Waals surface area contributed by atoms with E-state index in [0.29, 0.717) is 0 Å². The molecule has 0 bridgehead atoms. The van der Waals surface area contributed by atoms with E-state index >= 15 is 0 Å². The van der Waals surface area contributed by atoms with Crippen LogP contribution in [0.15, 0.2) is 48.8 Å². The standard InChI is InChI=1S/C19H22N2O/c1-15-9-10-17(13-16(15)2)22-12-6-5-11-21-14-20-18-7-3-4-8-19(18)21/h3-4,7-10,13-14H,5-6,11-12H2,1-2H3. The Kier molecular flexibility index (Phi) is 4.42. The molecule has 0 saturated heterocycles. The lowest BCUT2D eigenvalue weighted by molar-refractivity contribution is 0.303. The van der Waals surface area contributed by atoms with Gasteiger partial charge in [-0.05, 0) is 62.1 Å². The van der Waals surface area contributed by atoms with Gasteiger partial charge >= 0.3 is 0 Å². The van der Waals surface area contributed by atoms with Crippen LogP contribution in [0.4, 0.5) is 0 Å². The van der Waals surface area contributed by atoms with Crippen LogP contribution in [0.3, 0.4) is 0 Å². The molecular formula is C19H22N2O. The number of hydrogen-bond acceptors (Lipinski definition) is 2. The van der Waals surface area contributed by atoms with Gasteiger partial charge in [0.25, 0.3) is 0 Å². The van der Waals surface area contributed by atoms with E-state index < -0.39 is 0 Å². The molecule has 0 amide bonds. The molecular weight excluding hydrogens is 272 g/mol. The molecule has 1 heterocycles. The Bertz CT molecular complexity index is 761. The van der Waals surface area contributed by atoms with E-state index in [2.05, 4.69) is 53.7 Å². The molecule has 0 atom stereocenters. The minimum atomic E-state index is 0.759. The van der Waals surface area contributed by atoms with E-state index in [4.69, 9.17) is 4.74 Å². The van der Waals surface area contributed by atoms with Gasteiger partial charge in [-0.3, -0.25) is 0 Å². The second kappa shape index (κ2) is 6.65. The maximum Gasteiger partial charge on any atom is 0.119 e. The molecule has 3 aromatic rings. The molecule has 1 aromatic heterocycles. The van der Waals surface area contributed by atoms with Gasteiger partial charge in [0.15, 0.2) is 0 Å². The summed E-state index contributed by atoms with van der Waals surface area (Å²) in [5.41, 5.74) is 4.85. The molecule has 0 aliphatic rings. The molecule has 0 radical (unpaired) electrons. The number of ether oxygens (including phenoxy) is 1. The van der Waals surface area contributed by atoms with Crippen molar-refractivity contribution in [2.24, 2.45) is 0 Å². The minimum Gasteiger partial charge on any atom is -0.494 e. The molecule has 0 fully saturated rings. The predicted octanol–water partition coefficient (Wildman–Crippen LogP) is 4.51. The van der Waals surface area contributed by atoms with E-state index in [0.717, 1.165) is 37.3 Å². The Morgan fingerprint density at radius 3 is 2.73 bits per heavy atom. The van der Waals surface area contributed by atoms with Crippen molar-refractivity contribution in [3.05, 3.63) is 59.9 Å². The zero-order valence-corrected chi connectivity index (χ0v) is 13.2. The Hall–Kier alpha value is -2.29. The monoisotopic (exact) mass is 294 g/mol. The molecule has 0 aliphatic carbocycles. The molecule has 3 rings (SSSR count). The third-order valence-corrected chi connectivity index (χ3v) is 4.07. The Balaban J connectivity index is 1.46. The lowest BCUT2D eigenvalue weighted by atomic mass is 10.1. The summed E-state index contributed by atoms with van der Waals surface area (Å²) in [6, 6.07) is 14.5. The summed E-state index contributed by atoms with van der Waals surface area (Å²) < 4.78 is 8.04. The fourth-order valence-electron chi connectivity index (χ4n) is 2.57. The highest BCUT2D eigenvalue weighted by atomic mass is 16.5. The zero-order valence-electron chi connectivity index (χ0n) is 13.2. The lowest BCUT2D eigenvalue weighted by Gasteiger charge is -2.09. The highest BCUT2D eigenvalue weighted by molar-refractivity contribution is 5.74. The normalized spacial score (nSPS) is 11.0. The predicted molar refractivity (Wildman–Crippen MR) is 90.4 cm³/mol. The van der Waals surface area contributed by atoms with Gasteiger partial charge in [-0.15, -0.1) is 0 Å². The number of rotatable bonds is 6. The highest BCUT2D eigenvalue weighted by Crippen LogP contribution is 2.17. The average molecular weight is 294 g/mol. The van der Waals surface area contributed by atoms with Gasteiger partial charge in [0.05, 0.1) is 24.0 Å². The van der Waals surface area contributed by atoms with Crippen LogP contribution in [0, 0.1) is 13.8 Å². The summed E-state index contributed by atoms with van der Waals surface area (Å²) in [4.78, 5) is 4.41. The fourth-order valence-corrected chi connectivity index (χ4v) is 2.57. The number of hydrogen-bond donors (Lipinski definition) is 0. The first kappa shape index (κ1) is 14.6. The van der Waals surface area contributed by atoms with Crippen molar-refractivity contribution in [3.8, 4) is 5.75 Å². The molecule has 0 saturated carbocycles. The SMILES string of the molecule is Cc1ccc(OCCCCn2cnc3ccccc32)cc1C. The average Bonchev–Trinajstić information content (AvgIpc) is 2.94. The number of imidazole rings is 1. The molecule has 114 valence electrons. The third-order valence-electron chi connectivity index (χ3n) is 4.07. The van der Waals surface area contributed by atoms with Gasteiger partial charge in [0, 0.05) is 6.54 Å². The molecule has 0 N–H and O–H groups in total. The number of fused-ring (bicyclic) bond motifs is 1. The molecule has 0 aliphatic heterocycles. The first-order valence-corrected chi connectivity index (χ1v) is 7.84. The van der Waals surface area contributed by atoms with Crippen LogP contribution in [0.1, 0.15) is 24.0 Å². The van der Waals surface area contributed by atoms with E-state index in [-0.39, 0.29) is 0 Å². The maximum absolute atomic E-state index is 5.82. The van der Waals surface area contributed by atoms with Gasteiger partial charge in [0.1, 0.15) is 5.75 Å². The minimum absolute atomic E-state index is 0.759. The highest BCUT2D eigenvalue weighted by Gasteiger charge is 2.01. The summed E-state index contributed by atoms with van der Waals surface area (Å²) in [5, 5.41) is 0. The van der Waals surface area contributed by atoms with Gasteiger partial charge in [-0.1, -0.05) is 18.2 Å². The Labute approximate surface area is 131 Å². The fraction of sp³-hybridized carbons (Fsp3) is 0.316. The van der Waals surface area contributed by atoms with Gasteiger partial charge in [-0.25, -0.2) is 4.98 Å². The number of aryl methyl sites for hydroxylation is 3. The van der Waals surface area contributed by atoms with Crippen LogP contribution < -0.4 is 4.74 Å². The summed E-state index contributed by atoms with van der Waals surface area (Å²) in [6.45, 7) is 5.98. The number of benzene rings is 2. The Morgan fingerprint density at radius 2 is 1.86 bits per heavy atom. The van der Waals surface area contributed by atoms with Gasteiger partial charge in [-0.2, -0.15) is 0 Å². The second-order valence-electron chi connectivity index (χ2n) is 5.73. The van der Waals surface area contributed by atoms with E-state index in [1.165, 1.54) is 16.6 Å². The van der Waals surface area contributed by atoms with Crippen molar-refractivity contribution in [2.75, 3.05) is 6.61 Å². The zero-order chi connectivity index (χ0) is 15.4. The summed E-state index contributed by atoms with van der Waals surface area (Å²) >= 11 is 0. The van der Waals surface area contributed by atoms with Crippen LogP contribution in [-0.4, -0.2) is 16.2 Å². The largest absolute Gasteiger partial charge is 0.494 e. The van der Waals surface area contributed by atoms with Gasteiger partial charge < -0.3 is 9.30 Å². The van der Waals surface area contributed by atoms with Crippen LogP contribution in [0.5, 0.6) is 5.75 Å².